The summed E-state index contributed by atoms with van der Waals surface area (Å²) in [6.07, 6.45) is 2.76. The highest BCUT2D eigenvalue weighted by Crippen LogP contribution is 2.26. The molecule has 0 radical (unpaired) electrons. The van der Waals surface area contributed by atoms with Crippen molar-refractivity contribution in [3.05, 3.63) is 41.2 Å². The molecular formula is C15H17ClN4O5S. The predicted octanol–water partition coefficient (Wildman–Crippen LogP) is 1.12. The molecule has 2 rings (SSSR count). The number of benzene rings is 1. The molecule has 0 saturated carbocycles. The molecule has 0 spiro atoms. The Labute approximate surface area is 155 Å². The summed E-state index contributed by atoms with van der Waals surface area (Å²) >= 11 is 5.99. The standard InChI is InChI=1S/C15H17ClN4O5S/c1-19(2)26(23,24)11-4-5-12(16)13(6-11)18-14(21)9-25-15(22)10-7-17-20(3)8-10/h4-8H,9H2,1-3H3,(H,18,21). The lowest BCUT2D eigenvalue weighted by atomic mass is 10.3. The quantitative estimate of drug-likeness (QED) is 0.727. The highest BCUT2D eigenvalue weighted by molar-refractivity contribution is 7.89. The Morgan fingerprint density at radius 2 is 2.04 bits per heavy atom. The summed E-state index contributed by atoms with van der Waals surface area (Å²) in [5.74, 6) is -1.37. The Balaban J connectivity index is 2.05. The number of hydrogen-bond donors (Lipinski definition) is 1. The number of rotatable bonds is 6. The zero-order chi connectivity index (χ0) is 19.5. The minimum atomic E-state index is -3.68. The summed E-state index contributed by atoms with van der Waals surface area (Å²) in [4.78, 5) is 23.7. The van der Waals surface area contributed by atoms with Crippen molar-refractivity contribution in [2.45, 2.75) is 4.90 Å². The molecule has 26 heavy (non-hydrogen) atoms. The van der Waals surface area contributed by atoms with Gasteiger partial charge >= 0.3 is 5.97 Å². The van der Waals surface area contributed by atoms with E-state index in [1.54, 1.807) is 7.05 Å². The monoisotopic (exact) mass is 400 g/mol. The van der Waals surface area contributed by atoms with Crippen LogP contribution in [0.1, 0.15) is 10.4 Å². The first kappa shape index (κ1) is 19.9. The normalized spacial score (nSPS) is 11.4. The fraction of sp³-hybridized carbons (Fsp3) is 0.267. The number of nitrogens with zero attached hydrogens (tertiary/aromatic N) is 3. The van der Waals surface area contributed by atoms with Crippen LogP contribution < -0.4 is 5.32 Å². The van der Waals surface area contributed by atoms with Crippen LogP contribution in [-0.4, -0.2) is 55.1 Å². The van der Waals surface area contributed by atoms with Gasteiger partial charge in [0.15, 0.2) is 6.61 Å². The Morgan fingerprint density at radius 1 is 1.35 bits per heavy atom. The summed E-state index contributed by atoms with van der Waals surface area (Å²) < 4.78 is 31.6. The number of aromatic nitrogens is 2. The molecule has 1 heterocycles. The largest absolute Gasteiger partial charge is 0.452 e. The smallest absolute Gasteiger partial charge is 0.341 e. The second kappa shape index (κ2) is 7.85. The van der Waals surface area contributed by atoms with E-state index in [0.29, 0.717) is 0 Å². The molecule has 9 nitrogen and oxygen atoms in total. The molecule has 0 aliphatic rings. The van der Waals surface area contributed by atoms with Gasteiger partial charge in [-0.05, 0) is 18.2 Å². The fourth-order valence-electron chi connectivity index (χ4n) is 1.90. The van der Waals surface area contributed by atoms with Crippen LogP contribution in [0.25, 0.3) is 0 Å². The number of carbonyl (C=O) groups excluding carboxylic acids is 2. The van der Waals surface area contributed by atoms with Gasteiger partial charge in [0.05, 0.1) is 27.4 Å². The molecule has 1 amide bonds. The fourth-order valence-corrected chi connectivity index (χ4v) is 2.99. The van der Waals surface area contributed by atoms with Gasteiger partial charge < -0.3 is 10.1 Å². The third-order valence-electron chi connectivity index (χ3n) is 3.27. The molecule has 0 unspecified atom stereocenters. The van der Waals surface area contributed by atoms with Gasteiger partial charge in [0, 0.05) is 27.3 Å². The maximum absolute atomic E-state index is 12.1. The van der Waals surface area contributed by atoms with Gasteiger partial charge in [-0.3, -0.25) is 9.48 Å². The number of nitrogens with one attached hydrogen (secondary N) is 1. The maximum atomic E-state index is 12.1. The van der Waals surface area contributed by atoms with Crippen LogP contribution in [-0.2, 0) is 26.6 Å². The number of ether oxygens (including phenoxy) is 1. The average molecular weight is 401 g/mol. The number of aryl methyl sites for hydroxylation is 1. The van der Waals surface area contributed by atoms with Crippen molar-refractivity contribution in [3.8, 4) is 0 Å². The van der Waals surface area contributed by atoms with E-state index in [4.69, 9.17) is 16.3 Å². The van der Waals surface area contributed by atoms with Crippen molar-refractivity contribution >= 4 is 39.2 Å². The van der Waals surface area contributed by atoms with Gasteiger partial charge in [0.25, 0.3) is 5.91 Å². The Bertz CT molecular complexity index is 939. The summed E-state index contributed by atoms with van der Waals surface area (Å²) in [5.41, 5.74) is 0.300. The first-order valence-corrected chi connectivity index (χ1v) is 9.11. The van der Waals surface area contributed by atoms with Crippen molar-refractivity contribution in [2.75, 3.05) is 26.0 Å². The molecule has 2 aromatic rings. The summed E-state index contributed by atoms with van der Waals surface area (Å²) in [6.45, 7) is -0.561. The SMILES string of the molecule is CN(C)S(=O)(=O)c1ccc(Cl)c(NC(=O)COC(=O)c2cnn(C)c2)c1. The van der Waals surface area contributed by atoms with Crippen LogP contribution in [0.15, 0.2) is 35.5 Å². The summed E-state index contributed by atoms with van der Waals surface area (Å²) in [6, 6.07) is 3.92. The molecule has 0 aliphatic heterocycles. The molecule has 1 aromatic heterocycles. The van der Waals surface area contributed by atoms with Crippen LogP contribution in [0, 0.1) is 0 Å². The molecule has 1 N–H and O–H groups in total. The second-order valence-electron chi connectivity index (χ2n) is 5.46. The predicted molar refractivity (Wildman–Crippen MR) is 94.4 cm³/mol. The van der Waals surface area contributed by atoms with Crippen LogP contribution in [0.2, 0.25) is 5.02 Å². The van der Waals surface area contributed by atoms with Gasteiger partial charge in [-0.1, -0.05) is 11.6 Å². The Morgan fingerprint density at radius 3 is 2.62 bits per heavy atom. The van der Waals surface area contributed by atoms with E-state index in [1.165, 1.54) is 49.4 Å². The number of halogens is 1. The Hall–Kier alpha value is -2.43. The van der Waals surface area contributed by atoms with Crippen molar-refractivity contribution < 1.29 is 22.7 Å². The zero-order valence-electron chi connectivity index (χ0n) is 14.3. The van der Waals surface area contributed by atoms with Crippen molar-refractivity contribution in [3.63, 3.8) is 0 Å². The third kappa shape index (κ3) is 4.59. The number of anilines is 1. The molecule has 0 saturated heterocycles. The second-order valence-corrected chi connectivity index (χ2v) is 8.02. The first-order chi connectivity index (χ1) is 12.1. The van der Waals surface area contributed by atoms with E-state index in [-0.39, 0.29) is 21.2 Å². The molecule has 0 bridgehead atoms. The van der Waals surface area contributed by atoms with E-state index >= 15 is 0 Å². The number of amides is 1. The van der Waals surface area contributed by atoms with E-state index in [9.17, 15) is 18.0 Å². The average Bonchev–Trinajstić information content (AvgIpc) is 3.01. The van der Waals surface area contributed by atoms with Gasteiger partial charge in [-0.2, -0.15) is 5.10 Å². The van der Waals surface area contributed by atoms with Crippen LogP contribution in [0.4, 0.5) is 5.69 Å². The Kier molecular flexibility index (Phi) is 6.01. The number of esters is 1. The summed E-state index contributed by atoms with van der Waals surface area (Å²) in [5, 5.41) is 6.40. The minimum absolute atomic E-state index is 0.0328. The van der Waals surface area contributed by atoms with Gasteiger partial charge in [-0.25, -0.2) is 17.5 Å². The van der Waals surface area contributed by atoms with Gasteiger partial charge in [0.1, 0.15) is 0 Å². The molecular weight excluding hydrogens is 384 g/mol. The highest BCUT2D eigenvalue weighted by atomic mass is 35.5. The van der Waals surface area contributed by atoms with Gasteiger partial charge in [-0.15, -0.1) is 0 Å². The molecule has 140 valence electrons. The van der Waals surface area contributed by atoms with Crippen molar-refractivity contribution in [1.82, 2.24) is 14.1 Å². The molecule has 1 aromatic carbocycles. The topological polar surface area (TPSA) is 111 Å². The van der Waals surface area contributed by atoms with E-state index in [0.717, 1.165) is 4.31 Å². The first-order valence-electron chi connectivity index (χ1n) is 7.29. The lowest BCUT2D eigenvalue weighted by Gasteiger charge is -2.13. The van der Waals surface area contributed by atoms with Crippen molar-refractivity contribution in [2.24, 2.45) is 7.05 Å². The molecule has 0 aliphatic carbocycles. The lowest BCUT2D eigenvalue weighted by molar-refractivity contribution is -0.119. The number of hydrogen-bond acceptors (Lipinski definition) is 6. The molecule has 11 heteroatoms. The minimum Gasteiger partial charge on any atom is -0.452 e. The van der Waals surface area contributed by atoms with Crippen LogP contribution in [0.5, 0.6) is 0 Å². The lowest BCUT2D eigenvalue weighted by Crippen LogP contribution is -2.23. The van der Waals surface area contributed by atoms with Crippen LogP contribution in [0.3, 0.4) is 0 Å². The van der Waals surface area contributed by atoms with Crippen LogP contribution >= 0.6 is 11.6 Å². The van der Waals surface area contributed by atoms with E-state index in [1.807, 2.05) is 0 Å². The van der Waals surface area contributed by atoms with E-state index in [2.05, 4.69) is 10.4 Å². The van der Waals surface area contributed by atoms with E-state index < -0.39 is 28.5 Å². The van der Waals surface area contributed by atoms with Crippen molar-refractivity contribution in [1.29, 1.82) is 0 Å². The zero-order valence-corrected chi connectivity index (χ0v) is 15.8. The molecule has 0 atom stereocenters. The number of carbonyl (C=O) groups is 2. The van der Waals surface area contributed by atoms with Gasteiger partial charge in [0.2, 0.25) is 10.0 Å². The number of sulfonamides is 1. The highest BCUT2D eigenvalue weighted by Gasteiger charge is 2.19. The molecule has 0 fully saturated rings. The summed E-state index contributed by atoms with van der Waals surface area (Å²) in [7, 11) is 0.734. The maximum Gasteiger partial charge on any atom is 0.341 e. The third-order valence-corrected chi connectivity index (χ3v) is 5.41.